The summed E-state index contributed by atoms with van der Waals surface area (Å²) in [5.74, 6) is 0.116. The van der Waals surface area contributed by atoms with Crippen molar-refractivity contribution in [2.24, 2.45) is 0 Å². The van der Waals surface area contributed by atoms with Gasteiger partial charge in [0.25, 0.3) is 10.0 Å². The molecule has 0 spiro atoms. The summed E-state index contributed by atoms with van der Waals surface area (Å²) >= 11 is 6.25. The minimum Gasteiger partial charge on any atom is -0.494 e. The van der Waals surface area contributed by atoms with E-state index in [0.717, 1.165) is 15.4 Å². The number of nitrogens with one attached hydrogen (secondary N) is 1. The molecule has 8 heteroatoms. The highest BCUT2D eigenvalue weighted by Gasteiger charge is 2.27. The van der Waals surface area contributed by atoms with Gasteiger partial charge in [-0.15, -0.1) is 0 Å². The molecule has 0 aromatic heterocycles. The first-order valence-electron chi connectivity index (χ1n) is 10.1. The Hall–Kier alpha value is -3.03. The molecule has 0 fully saturated rings. The van der Waals surface area contributed by atoms with Crippen molar-refractivity contribution in [3.05, 3.63) is 82.9 Å². The van der Waals surface area contributed by atoms with Gasteiger partial charge in [0.2, 0.25) is 5.91 Å². The van der Waals surface area contributed by atoms with Crippen LogP contribution < -0.4 is 14.4 Å². The van der Waals surface area contributed by atoms with Gasteiger partial charge >= 0.3 is 0 Å². The number of hydrogen-bond donors (Lipinski definition) is 1. The fourth-order valence-electron chi connectivity index (χ4n) is 3.05. The van der Waals surface area contributed by atoms with E-state index in [2.05, 4.69) is 5.32 Å². The van der Waals surface area contributed by atoms with Gasteiger partial charge in [-0.05, 0) is 62.7 Å². The zero-order valence-corrected chi connectivity index (χ0v) is 19.7. The van der Waals surface area contributed by atoms with Gasteiger partial charge in [-0.2, -0.15) is 0 Å². The van der Waals surface area contributed by atoms with Crippen LogP contribution in [0.1, 0.15) is 18.1 Å². The molecule has 0 saturated heterocycles. The van der Waals surface area contributed by atoms with Crippen molar-refractivity contribution >= 4 is 38.9 Å². The molecule has 6 nitrogen and oxygen atoms in total. The maximum absolute atomic E-state index is 13.5. The minimum absolute atomic E-state index is 0.0888. The maximum atomic E-state index is 13.5. The minimum atomic E-state index is -4.02. The summed E-state index contributed by atoms with van der Waals surface area (Å²) in [6.45, 7) is 5.63. The van der Waals surface area contributed by atoms with Crippen molar-refractivity contribution in [2.75, 3.05) is 22.8 Å². The van der Waals surface area contributed by atoms with Gasteiger partial charge in [0.15, 0.2) is 0 Å². The number of benzene rings is 3. The fourth-order valence-corrected chi connectivity index (χ4v) is 4.64. The first-order chi connectivity index (χ1) is 15.2. The van der Waals surface area contributed by atoms with Gasteiger partial charge in [-0.25, -0.2) is 8.42 Å². The Balaban J connectivity index is 1.93. The third-order valence-corrected chi connectivity index (χ3v) is 6.96. The number of hydrogen-bond acceptors (Lipinski definition) is 4. The monoisotopic (exact) mass is 472 g/mol. The molecule has 3 aromatic rings. The third-order valence-electron chi connectivity index (χ3n) is 4.77. The highest BCUT2D eigenvalue weighted by Crippen LogP contribution is 2.28. The molecule has 0 bridgehead atoms. The lowest BCUT2D eigenvalue weighted by molar-refractivity contribution is -0.114. The third kappa shape index (κ3) is 5.60. The number of carbonyl (C=O) groups excluding carboxylic acids is 1. The zero-order valence-electron chi connectivity index (χ0n) is 18.1. The number of aryl methyl sites for hydroxylation is 2. The van der Waals surface area contributed by atoms with Crippen LogP contribution in [-0.4, -0.2) is 27.5 Å². The van der Waals surface area contributed by atoms with Gasteiger partial charge in [-0.1, -0.05) is 41.4 Å². The average Bonchev–Trinajstić information content (AvgIpc) is 2.75. The molecular weight excluding hydrogens is 448 g/mol. The van der Waals surface area contributed by atoms with E-state index in [1.807, 2.05) is 20.8 Å². The summed E-state index contributed by atoms with van der Waals surface area (Å²) in [6, 6.07) is 18.3. The van der Waals surface area contributed by atoms with Gasteiger partial charge in [0.1, 0.15) is 12.3 Å². The lowest BCUT2D eigenvalue weighted by Crippen LogP contribution is -2.38. The molecule has 0 aliphatic rings. The Morgan fingerprint density at radius 3 is 2.41 bits per heavy atom. The molecule has 0 aliphatic carbocycles. The number of amides is 1. The van der Waals surface area contributed by atoms with Crippen LogP contribution >= 0.6 is 11.6 Å². The largest absolute Gasteiger partial charge is 0.494 e. The number of halogens is 1. The van der Waals surface area contributed by atoms with Gasteiger partial charge < -0.3 is 10.1 Å². The molecule has 1 N–H and O–H groups in total. The molecule has 0 heterocycles. The Kier molecular flexibility index (Phi) is 7.43. The van der Waals surface area contributed by atoms with Gasteiger partial charge in [0.05, 0.1) is 17.2 Å². The first-order valence-corrected chi connectivity index (χ1v) is 11.9. The molecular formula is C24H25ClN2O4S. The van der Waals surface area contributed by atoms with E-state index in [4.69, 9.17) is 16.3 Å². The number of rotatable bonds is 8. The highest BCUT2D eigenvalue weighted by molar-refractivity contribution is 7.92. The van der Waals surface area contributed by atoms with Crippen LogP contribution in [0.25, 0.3) is 0 Å². The smallest absolute Gasteiger partial charge is 0.264 e. The second kappa shape index (κ2) is 10.1. The molecule has 0 radical (unpaired) electrons. The molecule has 0 unspecified atom stereocenters. The van der Waals surface area contributed by atoms with Crippen molar-refractivity contribution in [3.8, 4) is 5.75 Å². The van der Waals surface area contributed by atoms with E-state index in [1.54, 1.807) is 54.6 Å². The summed E-state index contributed by atoms with van der Waals surface area (Å²) in [5, 5.41) is 3.15. The molecule has 0 saturated carbocycles. The maximum Gasteiger partial charge on any atom is 0.264 e. The Morgan fingerprint density at radius 2 is 1.75 bits per heavy atom. The van der Waals surface area contributed by atoms with E-state index < -0.39 is 22.5 Å². The standard InChI is InChI=1S/C24H25ClN2O4S/c1-4-31-21-7-5-6-19(14-21)26-24(28)16-27(20-11-10-18(3)23(25)15-20)32(29,30)22-12-8-17(2)9-13-22/h5-15H,4,16H2,1-3H3,(H,26,28). The van der Waals surface area contributed by atoms with Crippen LogP contribution in [0.5, 0.6) is 5.75 Å². The van der Waals surface area contributed by atoms with E-state index in [0.29, 0.717) is 28.8 Å². The predicted octanol–water partition coefficient (Wildman–Crippen LogP) is 5.19. The highest BCUT2D eigenvalue weighted by atomic mass is 35.5. The Morgan fingerprint density at radius 1 is 1.03 bits per heavy atom. The number of carbonyl (C=O) groups is 1. The molecule has 0 atom stereocenters. The quantitative estimate of drug-likeness (QED) is 0.489. The van der Waals surface area contributed by atoms with Crippen LogP contribution in [0.2, 0.25) is 5.02 Å². The number of nitrogens with zero attached hydrogens (tertiary/aromatic N) is 1. The second-order valence-electron chi connectivity index (χ2n) is 7.27. The van der Waals surface area contributed by atoms with Crippen LogP contribution in [0, 0.1) is 13.8 Å². The molecule has 168 valence electrons. The van der Waals surface area contributed by atoms with Crippen molar-refractivity contribution in [2.45, 2.75) is 25.7 Å². The molecule has 0 aliphatic heterocycles. The van der Waals surface area contributed by atoms with Crippen LogP contribution in [-0.2, 0) is 14.8 Å². The number of ether oxygens (including phenoxy) is 1. The average molecular weight is 473 g/mol. The fraction of sp³-hybridized carbons (Fsp3) is 0.208. The lowest BCUT2D eigenvalue weighted by atomic mass is 10.2. The van der Waals surface area contributed by atoms with Crippen LogP contribution in [0.3, 0.4) is 0 Å². The number of anilines is 2. The van der Waals surface area contributed by atoms with E-state index in [9.17, 15) is 13.2 Å². The topological polar surface area (TPSA) is 75.7 Å². The van der Waals surface area contributed by atoms with Crippen LogP contribution in [0.15, 0.2) is 71.6 Å². The normalized spacial score (nSPS) is 11.1. The van der Waals surface area contributed by atoms with E-state index >= 15 is 0 Å². The van der Waals surface area contributed by atoms with Gasteiger partial charge in [0, 0.05) is 16.8 Å². The van der Waals surface area contributed by atoms with E-state index in [-0.39, 0.29) is 4.90 Å². The molecule has 32 heavy (non-hydrogen) atoms. The number of sulfonamides is 1. The Bertz CT molecular complexity index is 1210. The zero-order chi connectivity index (χ0) is 23.3. The predicted molar refractivity (Wildman–Crippen MR) is 128 cm³/mol. The first kappa shape index (κ1) is 23.6. The van der Waals surface area contributed by atoms with Crippen molar-refractivity contribution in [3.63, 3.8) is 0 Å². The SMILES string of the molecule is CCOc1cccc(NC(=O)CN(c2ccc(C)c(Cl)c2)S(=O)(=O)c2ccc(C)cc2)c1. The summed E-state index contributed by atoms with van der Waals surface area (Å²) in [4.78, 5) is 12.9. The lowest BCUT2D eigenvalue weighted by Gasteiger charge is -2.24. The summed E-state index contributed by atoms with van der Waals surface area (Å²) in [5.41, 5.74) is 2.55. The van der Waals surface area contributed by atoms with Crippen molar-refractivity contribution in [1.82, 2.24) is 0 Å². The van der Waals surface area contributed by atoms with E-state index in [1.165, 1.54) is 12.1 Å². The summed E-state index contributed by atoms with van der Waals surface area (Å²) in [7, 11) is -4.02. The Labute approximate surface area is 193 Å². The van der Waals surface area contributed by atoms with Crippen molar-refractivity contribution < 1.29 is 17.9 Å². The molecule has 1 amide bonds. The summed E-state index contributed by atoms with van der Waals surface area (Å²) in [6.07, 6.45) is 0. The molecule has 3 aromatic carbocycles. The summed E-state index contributed by atoms with van der Waals surface area (Å²) < 4.78 is 33.4. The molecule has 3 rings (SSSR count). The van der Waals surface area contributed by atoms with Crippen molar-refractivity contribution in [1.29, 1.82) is 0 Å². The van der Waals surface area contributed by atoms with Crippen LogP contribution in [0.4, 0.5) is 11.4 Å². The second-order valence-corrected chi connectivity index (χ2v) is 9.54. The van der Waals surface area contributed by atoms with Gasteiger partial charge in [-0.3, -0.25) is 9.10 Å².